The maximum atomic E-state index is 11.9. The zero-order chi connectivity index (χ0) is 20.5. The molecule has 0 saturated carbocycles. The van der Waals surface area contributed by atoms with Gasteiger partial charge in [-0.1, -0.05) is 19.1 Å². The number of methoxy groups -OCH3 is 1. The Morgan fingerprint density at radius 1 is 1.39 bits per heavy atom. The minimum Gasteiger partial charge on any atom is -0.497 e. The number of rotatable bonds is 8. The van der Waals surface area contributed by atoms with Crippen LogP contribution in [0.3, 0.4) is 0 Å². The summed E-state index contributed by atoms with van der Waals surface area (Å²) in [7, 11) is 5.81. The van der Waals surface area contributed by atoms with Gasteiger partial charge < -0.3 is 25.2 Å². The van der Waals surface area contributed by atoms with Crippen LogP contribution >= 0.6 is 0 Å². The molecule has 1 aromatic rings. The van der Waals surface area contributed by atoms with Crippen molar-refractivity contribution in [3.63, 3.8) is 0 Å². The van der Waals surface area contributed by atoms with Crippen LogP contribution in [0.1, 0.15) is 38.3 Å². The normalized spacial score (nSPS) is 18.3. The first-order valence-corrected chi connectivity index (χ1v) is 10.1. The van der Waals surface area contributed by atoms with Crippen molar-refractivity contribution in [3.05, 3.63) is 29.8 Å². The van der Waals surface area contributed by atoms with Crippen molar-refractivity contribution >= 4 is 11.9 Å². The Bertz CT molecular complexity index is 662. The number of hydrogen-bond donors (Lipinski definition) is 2. The number of carbonyl (C=O) groups is 1. The molecule has 2 rings (SSSR count). The van der Waals surface area contributed by atoms with Crippen LogP contribution in [0, 0.1) is 0 Å². The van der Waals surface area contributed by atoms with Crippen molar-refractivity contribution in [2.45, 2.75) is 38.8 Å². The Hall–Kier alpha value is -2.28. The third-order valence-corrected chi connectivity index (χ3v) is 5.05. The van der Waals surface area contributed by atoms with E-state index in [0.717, 1.165) is 37.8 Å². The largest absolute Gasteiger partial charge is 0.497 e. The number of nitrogens with one attached hydrogen (secondary N) is 2. The first kappa shape index (κ1) is 22.0. The zero-order valence-corrected chi connectivity index (χ0v) is 17.9. The van der Waals surface area contributed by atoms with E-state index in [1.807, 2.05) is 24.0 Å². The summed E-state index contributed by atoms with van der Waals surface area (Å²) in [5.74, 6) is 1.87. The van der Waals surface area contributed by atoms with Crippen LogP contribution in [0.2, 0.25) is 0 Å². The van der Waals surface area contributed by atoms with Gasteiger partial charge in [0.05, 0.1) is 19.7 Å². The SMILES string of the molecule is CCNC(=NCC(c1cccc(OC)c1)N(C)C)NC1CCN(C(=O)CC)C1. The molecule has 0 spiro atoms. The summed E-state index contributed by atoms with van der Waals surface area (Å²) < 4.78 is 5.36. The summed E-state index contributed by atoms with van der Waals surface area (Å²) in [5, 5.41) is 6.82. The first-order chi connectivity index (χ1) is 13.5. The molecule has 0 aliphatic carbocycles. The number of amides is 1. The Balaban J connectivity index is 2.06. The lowest BCUT2D eigenvalue weighted by Crippen LogP contribution is -2.45. The molecule has 1 aromatic carbocycles. The van der Waals surface area contributed by atoms with Gasteiger partial charge in [0.2, 0.25) is 5.91 Å². The van der Waals surface area contributed by atoms with Crippen LogP contribution in [0.25, 0.3) is 0 Å². The lowest BCUT2D eigenvalue weighted by atomic mass is 10.1. The van der Waals surface area contributed by atoms with E-state index in [1.54, 1.807) is 7.11 Å². The van der Waals surface area contributed by atoms with Crippen LogP contribution < -0.4 is 15.4 Å². The van der Waals surface area contributed by atoms with Crippen LogP contribution in [-0.4, -0.2) is 75.1 Å². The number of likely N-dealkylation sites (N-methyl/N-ethyl adjacent to an activating group) is 1. The highest BCUT2D eigenvalue weighted by Crippen LogP contribution is 2.23. The van der Waals surface area contributed by atoms with Crippen molar-refractivity contribution in [2.24, 2.45) is 4.99 Å². The molecular weight excluding hydrogens is 354 g/mol. The molecule has 156 valence electrons. The summed E-state index contributed by atoms with van der Waals surface area (Å²) in [6.45, 7) is 6.94. The van der Waals surface area contributed by atoms with Gasteiger partial charge in [-0.15, -0.1) is 0 Å². The van der Waals surface area contributed by atoms with Crippen LogP contribution in [0.15, 0.2) is 29.3 Å². The van der Waals surface area contributed by atoms with Crippen LogP contribution in [0.5, 0.6) is 5.75 Å². The average Bonchev–Trinajstić information content (AvgIpc) is 3.16. The molecule has 2 N–H and O–H groups in total. The molecule has 1 heterocycles. The van der Waals surface area contributed by atoms with Gasteiger partial charge in [-0.3, -0.25) is 9.79 Å². The average molecular weight is 390 g/mol. The summed E-state index contributed by atoms with van der Waals surface area (Å²) in [5.41, 5.74) is 1.17. The minimum atomic E-state index is 0.146. The highest BCUT2D eigenvalue weighted by Gasteiger charge is 2.26. The van der Waals surface area contributed by atoms with E-state index in [4.69, 9.17) is 9.73 Å². The van der Waals surface area contributed by atoms with Gasteiger partial charge in [-0.2, -0.15) is 0 Å². The topological polar surface area (TPSA) is 69.2 Å². The molecular formula is C21H35N5O2. The van der Waals surface area contributed by atoms with E-state index in [2.05, 4.69) is 48.7 Å². The molecule has 1 saturated heterocycles. The Morgan fingerprint density at radius 2 is 2.18 bits per heavy atom. The Kier molecular flexibility index (Phi) is 8.57. The molecule has 1 aliphatic rings. The molecule has 1 amide bonds. The molecule has 28 heavy (non-hydrogen) atoms. The molecule has 0 aromatic heterocycles. The predicted octanol–water partition coefficient (Wildman–Crippen LogP) is 1.86. The van der Waals surface area contributed by atoms with Gasteiger partial charge in [-0.05, 0) is 45.1 Å². The number of likely N-dealkylation sites (tertiary alicyclic amines) is 1. The highest BCUT2D eigenvalue weighted by atomic mass is 16.5. The van der Waals surface area contributed by atoms with Gasteiger partial charge in [0, 0.05) is 32.1 Å². The number of nitrogens with zero attached hydrogens (tertiary/aromatic N) is 3. The Labute approximate surface area is 169 Å². The number of guanidine groups is 1. The Morgan fingerprint density at radius 3 is 2.82 bits per heavy atom. The molecule has 0 radical (unpaired) electrons. The zero-order valence-electron chi connectivity index (χ0n) is 17.9. The van der Waals surface area contributed by atoms with Crippen LogP contribution in [0.4, 0.5) is 0 Å². The van der Waals surface area contributed by atoms with Crippen LogP contribution in [-0.2, 0) is 4.79 Å². The standard InChI is InChI=1S/C21H35N5O2/c1-6-20(27)26-12-11-17(15-26)24-21(22-7-2)23-14-19(25(3)4)16-9-8-10-18(13-16)28-5/h8-10,13,17,19H,6-7,11-12,14-15H2,1-5H3,(H2,22,23,24). The smallest absolute Gasteiger partial charge is 0.222 e. The molecule has 1 fully saturated rings. The minimum absolute atomic E-state index is 0.146. The second-order valence-corrected chi connectivity index (χ2v) is 7.30. The lowest BCUT2D eigenvalue weighted by Gasteiger charge is -2.24. The third kappa shape index (κ3) is 6.12. The van der Waals surface area contributed by atoms with Crippen molar-refractivity contribution in [3.8, 4) is 5.75 Å². The quantitative estimate of drug-likeness (QED) is 0.525. The molecule has 1 aliphatic heterocycles. The number of hydrogen-bond acceptors (Lipinski definition) is 4. The van der Waals surface area contributed by atoms with E-state index < -0.39 is 0 Å². The van der Waals surface area contributed by atoms with Crippen molar-refractivity contribution in [1.29, 1.82) is 0 Å². The molecule has 7 nitrogen and oxygen atoms in total. The van der Waals surface area contributed by atoms with E-state index in [9.17, 15) is 4.79 Å². The lowest BCUT2D eigenvalue weighted by molar-refractivity contribution is -0.129. The van der Waals surface area contributed by atoms with E-state index in [0.29, 0.717) is 13.0 Å². The summed E-state index contributed by atoms with van der Waals surface area (Å²) in [6, 6.07) is 8.51. The second-order valence-electron chi connectivity index (χ2n) is 7.30. The fourth-order valence-corrected chi connectivity index (χ4v) is 3.43. The first-order valence-electron chi connectivity index (χ1n) is 10.1. The molecule has 7 heteroatoms. The second kappa shape index (κ2) is 10.9. The van der Waals surface area contributed by atoms with E-state index in [1.165, 1.54) is 5.56 Å². The predicted molar refractivity (Wildman–Crippen MR) is 114 cm³/mol. The summed E-state index contributed by atoms with van der Waals surface area (Å²) in [4.78, 5) is 20.8. The fraction of sp³-hybridized carbons (Fsp3) is 0.619. The number of benzene rings is 1. The monoisotopic (exact) mass is 389 g/mol. The van der Waals surface area contributed by atoms with Gasteiger partial charge in [0.1, 0.15) is 5.75 Å². The third-order valence-electron chi connectivity index (χ3n) is 5.05. The van der Waals surface area contributed by atoms with Gasteiger partial charge in [0.25, 0.3) is 0 Å². The van der Waals surface area contributed by atoms with Gasteiger partial charge >= 0.3 is 0 Å². The van der Waals surface area contributed by atoms with Crippen molar-refractivity contribution < 1.29 is 9.53 Å². The maximum absolute atomic E-state index is 11.9. The van der Waals surface area contributed by atoms with Crippen molar-refractivity contribution in [1.82, 2.24) is 20.4 Å². The molecule has 0 bridgehead atoms. The molecule has 2 atom stereocenters. The number of ether oxygens (including phenoxy) is 1. The van der Waals surface area contributed by atoms with Gasteiger partial charge in [-0.25, -0.2) is 0 Å². The van der Waals surface area contributed by atoms with E-state index in [-0.39, 0.29) is 18.0 Å². The number of aliphatic imine (C=N–C) groups is 1. The summed E-state index contributed by atoms with van der Waals surface area (Å²) >= 11 is 0. The van der Waals surface area contributed by atoms with E-state index >= 15 is 0 Å². The van der Waals surface area contributed by atoms with Gasteiger partial charge in [0.15, 0.2) is 5.96 Å². The fourth-order valence-electron chi connectivity index (χ4n) is 3.43. The summed E-state index contributed by atoms with van der Waals surface area (Å²) in [6.07, 6.45) is 1.51. The van der Waals surface area contributed by atoms with Crippen molar-refractivity contribution in [2.75, 3.05) is 47.4 Å². The molecule has 2 unspecified atom stereocenters. The highest BCUT2D eigenvalue weighted by molar-refractivity contribution is 5.80. The number of carbonyl (C=O) groups excluding carboxylic acids is 1. The maximum Gasteiger partial charge on any atom is 0.222 e.